The second kappa shape index (κ2) is 6.81. The van der Waals surface area contributed by atoms with Gasteiger partial charge in [-0.3, -0.25) is 4.79 Å². The van der Waals surface area contributed by atoms with Gasteiger partial charge in [0.2, 0.25) is 0 Å². The average molecular weight is 364 g/mol. The fraction of sp³-hybridized carbons (Fsp3) is 0.533. The van der Waals surface area contributed by atoms with Crippen LogP contribution < -0.4 is 0 Å². The van der Waals surface area contributed by atoms with Gasteiger partial charge < -0.3 is 4.90 Å². The molecule has 21 heavy (non-hydrogen) atoms. The van der Waals surface area contributed by atoms with E-state index < -0.39 is 17.6 Å². The number of carbonyl (C=O) groups excluding carboxylic acids is 1. The first-order valence-electron chi connectivity index (χ1n) is 6.98. The predicted octanol–water partition coefficient (Wildman–Crippen LogP) is 4.49. The molecule has 0 heterocycles. The Kier molecular flexibility index (Phi) is 5.30. The van der Waals surface area contributed by atoms with Crippen LogP contribution in [0.3, 0.4) is 0 Å². The summed E-state index contributed by atoms with van der Waals surface area (Å²) in [6.07, 6.45) is -0.725. The molecule has 1 aliphatic carbocycles. The normalized spacial score (nSPS) is 16.2. The predicted molar refractivity (Wildman–Crippen MR) is 78.5 cm³/mol. The van der Waals surface area contributed by atoms with E-state index in [1.54, 1.807) is 4.90 Å². The molecule has 0 aromatic heterocycles. The van der Waals surface area contributed by atoms with E-state index >= 15 is 0 Å². The molecule has 0 bridgehead atoms. The minimum Gasteiger partial charge on any atom is -0.335 e. The molecule has 2 nitrogen and oxygen atoms in total. The lowest BCUT2D eigenvalue weighted by Crippen LogP contribution is -2.40. The minimum atomic E-state index is -4.51. The zero-order valence-corrected chi connectivity index (χ0v) is 13.1. The maximum atomic E-state index is 13.1. The summed E-state index contributed by atoms with van der Waals surface area (Å²) < 4.78 is 39.2. The quantitative estimate of drug-likeness (QED) is 0.722. The molecule has 1 saturated carbocycles. The Morgan fingerprint density at radius 2 is 1.86 bits per heavy atom. The summed E-state index contributed by atoms with van der Waals surface area (Å²) in [5.74, 6) is -0.519. The van der Waals surface area contributed by atoms with Gasteiger partial charge in [0, 0.05) is 17.9 Å². The van der Waals surface area contributed by atoms with Crippen LogP contribution in [0.15, 0.2) is 24.3 Å². The van der Waals surface area contributed by atoms with Gasteiger partial charge in [-0.1, -0.05) is 40.9 Å². The zero-order valence-electron chi connectivity index (χ0n) is 11.5. The average Bonchev–Trinajstić information content (AvgIpc) is 2.97. The van der Waals surface area contributed by atoms with Crippen LogP contribution in [0.25, 0.3) is 0 Å². The van der Waals surface area contributed by atoms with E-state index in [2.05, 4.69) is 15.9 Å². The molecular weight excluding hydrogens is 347 g/mol. The number of halogens is 4. The second-order valence-electron chi connectivity index (χ2n) is 5.17. The number of benzene rings is 1. The molecule has 1 aromatic rings. The fourth-order valence-electron chi connectivity index (χ4n) is 2.83. The van der Waals surface area contributed by atoms with Crippen LogP contribution in [0, 0.1) is 0 Å². The molecule has 1 amide bonds. The topological polar surface area (TPSA) is 20.3 Å². The highest BCUT2D eigenvalue weighted by Crippen LogP contribution is 2.33. The number of hydrogen-bond acceptors (Lipinski definition) is 1. The van der Waals surface area contributed by atoms with Crippen LogP contribution in [0.5, 0.6) is 0 Å². The molecule has 1 aliphatic rings. The largest absolute Gasteiger partial charge is 0.417 e. The van der Waals surface area contributed by atoms with Crippen molar-refractivity contribution in [2.24, 2.45) is 0 Å². The molecule has 0 unspecified atom stereocenters. The highest BCUT2D eigenvalue weighted by molar-refractivity contribution is 9.09. The standard InChI is InChI=1S/C15H17BrF3NO/c16-9-10-20(11-5-1-2-6-11)14(21)12-7-3-4-8-13(12)15(17,18)19/h3-4,7-8,11H,1-2,5-6,9-10H2. The Balaban J connectivity index is 2.32. The molecule has 1 fully saturated rings. The molecule has 1 aromatic carbocycles. The first-order chi connectivity index (χ1) is 9.95. The number of amides is 1. The molecule has 0 N–H and O–H groups in total. The molecule has 0 saturated heterocycles. The van der Waals surface area contributed by atoms with E-state index in [1.807, 2.05) is 0 Å². The molecular formula is C15H17BrF3NO. The Hall–Kier alpha value is -1.04. The molecule has 0 spiro atoms. The van der Waals surface area contributed by atoms with Crippen molar-refractivity contribution < 1.29 is 18.0 Å². The third kappa shape index (κ3) is 3.78. The van der Waals surface area contributed by atoms with Crippen molar-refractivity contribution in [1.29, 1.82) is 0 Å². The van der Waals surface area contributed by atoms with E-state index in [0.717, 1.165) is 31.7 Å². The molecule has 0 radical (unpaired) electrons. The summed E-state index contributed by atoms with van der Waals surface area (Å²) in [6.45, 7) is 0.426. The van der Waals surface area contributed by atoms with Crippen molar-refractivity contribution in [3.05, 3.63) is 35.4 Å². The van der Waals surface area contributed by atoms with E-state index in [-0.39, 0.29) is 11.6 Å². The highest BCUT2D eigenvalue weighted by Gasteiger charge is 2.37. The number of hydrogen-bond donors (Lipinski definition) is 0. The summed E-state index contributed by atoms with van der Waals surface area (Å²) in [6, 6.07) is 5.07. The van der Waals surface area contributed by atoms with Crippen molar-refractivity contribution in [2.75, 3.05) is 11.9 Å². The van der Waals surface area contributed by atoms with Crippen LogP contribution in [-0.2, 0) is 6.18 Å². The van der Waals surface area contributed by atoms with Gasteiger partial charge in [0.1, 0.15) is 0 Å². The van der Waals surface area contributed by atoms with Gasteiger partial charge in [-0.05, 0) is 25.0 Å². The van der Waals surface area contributed by atoms with Crippen LogP contribution in [-0.4, -0.2) is 28.7 Å². The number of alkyl halides is 4. The molecule has 0 aliphatic heterocycles. The minimum absolute atomic E-state index is 0.0522. The fourth-order valence-corrected chi connectivity index (χ4v) is 3.21. The maximum Gasteiger partial charge on any atom is 0.417 e. The Morgan fingerprint density at radius 1 is 1.24 bits per heavy atom. The van der Waals surface area contributed by atoms with Crippen LogP contribution in [0.1, 0.15) is 41.6 Å². The Morgan fingerprint density at radius 3 is 2.43 bits per heavy atom. The van der Waals surface area contributed by atoms with E-state index in [0.29, 0.717) is 11.9 Å². The van der Waals surface area contributed by atoms with Crippen molar-refractivity contribution >= 4 is 21.8 Å². The monoisotopic (exact) mass is 363 g/mol. The maximum absolute atomic E-state index is 13.1. The summed E-state index contributed by atoms with van der Waals surface area (Å²) in [4.78, 5) is 14.2. The van der Waals surface area contributed by atoms with Crippen molar-refractivity contribution in [3.63, 3.8) is 0 Å². The van der Waals surface area contributed by atoms with Crippen LogP contribution in [0.2, 0.25) is 0 Å². The first kappa shape index (κ1) is 16.3. The lowest BCUT2D eigenvalue weighted by Gasteiger charge is -2.29. The van der Waals surface area contributed by atoms with Crippen LogP contribution >= 0.6 is 15.9 Å². The lowest BCUT2D eigenvalue weighted by atomic mass is 10.0. The second-order valence-corrected chi connectivity index (χ2v) is 5.96. The number of carbonyl (C=O) groups is 1. The molecule has 6 heteroatoms. The highest BCUT2D eigenvalue weighted by atomic mass is 79.9. The van der Waals surface area contributed by atoms with Gasteiger partial charge in [0.15, 0.2) is 0 Å². The number of nitrogens with zero attached hydrogens (tertiary/aromatic N) is 1. The van der Waals surface area contributed by atoms with Gasteiger partial charge >= 0.3 is 6.18 Å². The van der Waals surface area contributed by atoms with Crippen LogP contribution in [0.4, 0.5) is 13.2 Å². The van der Waals surface area contributed by atoms with E-state index in [9.17, 15) is 18.0 Å². The van der Waals surface area contributed by atoms with Crippen molar-refractivity contribution in [2.45, 2.75) is 37.9 Å². The first-order valence-corrected chi connectivity index (χ1v) is 8.10. The Bertz CT molecular complexity index is 498. The van der Waals surface area contributed by atoms with Gasteiger partial charge in [-0.2, -0.15) is 13.2 Å². The Labute approximate surface area is 130 Å². The third-order valence-corrected chi connectivity index (χ3v) is 4.17. The molecule has 116 valence electrons. The van der Waals surface area contributed by atoms with E-state index in [1.165, 1.54) is 18.2 Å². The summed E-state index contributed by atoms with van der Waals surface area (Å²) in [7, 11) is 0. The van der Waals surface area contributed by atoms with Gasteiger partial charge in [-0.15, -0.1) is 0 Å². The summed E-state index contributed by atoms with van der Waals surface area (Å²) in [5, 5.41) is 0.559. The zero-order chi connectivity index (χ0) is 15.5. The van der Waals surface area contributed by atoms with Crippen molar-refractivity contribution in [3.8, 4) is 0 Å². The van der Waals surface area contributed by atoms with Gasteiger partial charge in [0.05, 0.1) is 11.1 Å². The van der Waals surface area contributed by atoms with E-state index in [4.69, 9.17) is 0 Å². The lowest BCUT2D eigenvalue weighted by molar-refractivity contribution is -0.138. The van der Waals surface area contributed by atoms with Gasteiger partial charge in [0.25, 0.3) is 5.91 Å². The van der Waals surface area contributed by atoms with Gasteiger partial charge in [-0.25, -0.2) is 0 Å². The molecule has 0 atom stereocenters. The summed E-state index contributed by atoms with van der Waals surface area (Å²) >= 11 is 3.28. The SMILES string of the molecule is O=C(c1ccccc1C(F)(F)F)N(CCBr)C1CCCC1. The number of rotatable bonds is 4. The smallest absolute Gasteiger partial charge is 0.335 e. The molecule has 2 rings (SSSR count). The summed E-state index contributed by atoms with van der Waals surface area (Å²) in [5.41, 5.74) is -1.11. The van der Waals surface area contributed by atoms with Crippen molar-refractivity contribution in [1.82, 2.24) is 4.90 Å². The third-order valence-electron chi connectivity index (χ3n) is 3.81.